The monoisotopic (exact) mass is 265 g/mol. The van der Waals surface area contributed by atoms with Crippen molar-refractivity contribution >= 4 is 6.03 Å². The Morgan fingerprint density at radius 2 is 1.74 bits per heavy atom. The number of likely N-dealkylation sites (tertiary alicyclic amines) is 1. The van der Waals surface area contributed by atoms with Crippen molar-refractivity contribution in [3.05, 3.63) is 0 Å². The molecule has 0 bridgehead atoms. The summed E-state index contributed by atoms with van der Waals surface area (Å²) in [5, 5.41) is 6.68. The summed E-state index contributed by atoms with van der Waals surface area (Å²) in [7, 11) is 0. The maximum absolute atomic E-state index is 12.5. The summed E-state index contributed by atoms with van der Waals surface area (Å²) in [6.45, 7) is 3.21. The van der Waals surface area contributed by atoms with Crippen molar-refractivity contribution in [3.8, 4) is 0 Å². The number of hydrogen-bond donors (Lipinski definition) is 2. The van der Waals surface area contributed by atoms with Crippen molar-refractivity contribution in [2.75, 3.05) is 19.6 Å². The van der Waals surface area contributed by atoms with Gasteiger partial charge < -0.3 is 15.5 Å². The maximum Gasteiger partial charge on any atom is 0.317 e. The molecule has 3 rings (SSSR count). The summed E-state index contributed by atoms with van der Waals surface area (Å²) in [6, 6.07) is 1.17. The Bertz CT molecular complexity index is 309. The summed E-state index contributed by atoms with van der Waals surface area (Å²) in [6.07, 6.45) is 9.78. The van der Waals surface area contributed by atoms with Crippen molar-refractivity contribution in [1.29, 1.82) is 0 Å². The highest BCUT2D eigenvalue weighted by molar-refractivity contribution is 5.75. The number of nitrogens with zero attached hydrogens (tertiary/aromatic N) is 1. The normalized spacial score (nSPS) is 29.9. The number of amides is 2. The van der Waals surface area contributed by atoms with Gasteiger partial charge in [-0.25, -0.2) is 4.79 Å². The predicted octanol–water partition coefficient (Wildman–Crippen LogP) is 2.10. The topological polar surface area (TPSA) is 44.4 Å². The first-order valence-electron chi connectivity index (χ1n) is 8.12. The van der Waals surface area contributed by atoms with Crippen molar-refractivity contribution in [1.82, 2.24) is 15.5 Å². The average Bonchev–Trinajstić information content (AvgIpc) is 3.10. The third-order valence-electron chi connectivity index (χ3n) is 5.17. The van der Waals surface area contributed by atoms with Crippen LogP contribution in [-0.4, -0.2) is 42.6 Å². The van der Waals surface area contributed by atoms with E-state index in [9.17, 15) is 4.79 Å². The summed E-state index contributed by atoms with van der Waals surface area (Å²) in [5.74, 6) is 0.720. The van der Waals surface area contributed by atoms with Crippen LogP contribution in [0.2, 0.25) is 0 Å². The van der Waals surface area contributed by atoms with E-state index < -0.39 is 0 Å². The summed E-state index contributed by atoms with van der Waals surface area (Å²) >= 11 is 0. The lowest BCUT2D eigenvalue weighted by Crippen LogP contribution is -2.49. The first-order valence-corrected chi connectivity index (χ1v) is 8.12. The van der Waals surface area contributed by atoms with E-state index in [1.165, 1.54) is 51.4 Å². The fourth-order valence-corrected chi connectivity index (χ4v) is 4.09. The minimum absolute atomic E-state index is 0.216. The predicted molar refractivity (Wildman–Crippen MR) is 76.1 cm³/mol. The van der Waals surface area contributed by atoms with Gasteiger partial charge in [0.25, 0.3) is 0 Å². The van der Waals surface area contributed by atoms with Crippen molar-refractivity contribution in [2.24, 2.45) is 5.92 Å². The second kappa shape index (κ2) is 6.12. The van der Waals surface area contributed by atoms with E-state index in [0.29, 0.717) is 12.1 Å². The maximum atomic E-state index is 12.5. The molecular formula is C15H27N3O. The Morgan fingerprint density at radius 3 is 2.47 bits per heavy atom. The van der Waals surface area contributed by atoms with Gasteiger partial charge in [-0.1, -0.05) is 12.8 Å². The van der Waals surface area contributed by atoms with Crippen LogP contribution < -0.4 is 10.6 Å². The molecule has 2 heterocycles. The van der Waals surface area contributed by atoms with Crippen LogP contribution in [0.25, 0.3) is 0 Å². The molecule has 0 aromatic rings. The zero-order valence-corrected chi connectivity index (χ0v) is 11.9. The Balaban J connectivity index is 1.56. The van der Waals surface area contributed by atoms with Crippen LogP contribution in [0.15, 0.2) is 0 Å². The fourth-order valence-electron chi connectivity index (χ4n) is 4.09. The molecule has 0 aromatic carbocycles. The summed E-state index contributed by atoms with van der Waals surface area (Å²) in [4.78, 5) is 14.6. The third kappa shape index (κ3) is 3.04. The van der Waals surface area contributed by atoms with Gasteiger partial charge >= 0.3 is 6.03 Å². The van der Waals surface area contributed by atoms with Gasteiger partial charge in [0.2, 0.25) is 0 Å². The van der Waals surface area contributed by atoms with Crippen LogP contribution in [0.5, 0.6) is 0 Å². The van der Waals surface area contributed by atoms with E-state index in [0.717, 1.165) is 25.6 Å². The van der Waals surface area contributed by atoms with Crippen molar-refractivity contribution in [3.63, 3.8) is 0 Å². The summed E-state index contributed by atoms with van der Waals surface area (Å²) in [5.41, 5.74) is 0. The molecule has 1 saturated carbocycles. The van der Waals surface area contributed by atoms with Gasteiger partial charge in [0, 0.05) is 18.6 Å². The zero-order chi connectivity index (χ0) is 13.1. The molecule has 3 fully saturated rings. The highest BCUT2D eigenvalue weighted by Crippen LogP contribution is 2.30. The van der Waals surface area contributed by atoms with Gasteiger partial charge in [0.15, 0.2) is 0 Å². The van der Waals surface area contributed by atoms with E-state index in [2.05, 4.69) is 15.5 Å². The molecule has 2 aliphatic heterocycles. The molecule has 0 aromatic heterocycles. The fraction of sp³-hybridized carbons (Fsp3) is 0.933. The third-order valence-corrected chi connectivity index (χ3v) is 5.17. The smallest absolute Gasteiger partial charge is 0.317 e. The molecule has 108 valence electrons. The SMILES string of the molecule is O=C(NC1CCCC1)N1CCCC1C1CCNCC1. The molecule has 2 N–H and O–H groups in total. The van der Waals surface area contributed by atoms with Gasteiger partial charge in [0.1, 0.15) is 0 Å². The second-order valence-electron chi connectivity index (χ2n) is 6.42. The Kier molecular flexibility index (Phi) is 4.26. The second-order valence-corrected chi connectivity index (χ2v) is 6.42. The molecule has 2 amide bonds. The average molecular weight is 265 g/mol. The molecule has 4 heteroatoms. The van der Waals surface area contributed by atoms with E-state index in [1.54, 1.807) is 0 Å². The van der Waals surface area contributed by atoms with Gasteiger partial charge in [-0.15, -0.1) is 0 Å². The quantitative estimate of drug-likeness (QED) is 0.803. The number of urea groups is 1. The number of carbonyl (C=O) groups is 1. The highest BCUT2D eigenvalue weighted by Gasteiger charge is 2.35. The van der Waals surface area contributed by atoms with Gasteiger partial charge in [-0.2, -0.15) is 0 Å². The molecule has 19 heavy (non-hydrogen) atoms. The van der Waals surface area contributed by atoms with Gasteiger partial charge in [-0.3, -0.25) is 0 Å². The van der Waals surface area contributed by atoms with Gasteiger partial charge in [-0.05, 0) is 57.5 Å². The molecule has 1 atom stereocenters. The molecule has 3 aliphatic rings. The molecule has 2 saturated heterocycles. The lowest BCUT2D eigenvalue weighted by Gasteiger charge is -2.34. The number of hydrogen-bond acceptors (Lipinski definition) is 2. The van der Waals surface area contributed by atoms with E-state index in [-0.39, 0.29) is 6.03 Å². The molecule has 0 radical (unpaired) electrons. The van der Waals surface area contributed by atoms with Crippen LogP contribution in [0, 0.1) is 5.92 Å². The minimum atomic E-state index is 0.216. The lowest BCUT2D eigenvalue weighted by atomic mass is 9.89. The molecule has 0 spiro atoms. The number of nitrogens with one attached hydrogen (secondary N) is 2. The van der Waals surface area contributed by atoms with Gasteiger partial charge in [0.05, 0.1) is 0 Å². The highest BCUT2D eigenvalue weighted by atomic mass is 16.2. The first-order chi connectivity index (χ1) is 9.34. The Morgan fingerprint density at radius 1 is 1.00 bits per heavy atom. The summed E-state index contributed by atoms with van der Waals surface area (Å²) < 4.78 is 0. The zero-order valence-electron chi connectivity index (χ0n) is 11.9. The van der Waals surface area contributed by atoms with Crippen LogP contribution in [0.3, 0.4) is 0 Å². The van der Waals surface area contributed by atoms with Crippen LogP contribution >= 0.6 is 0 Å². The molecule has 1 unspecified atom stereocenters. The largest absolute Gasteiger partial charge is 0.335 e. The van der Waals surface area contributed by atoms with Crippen molar-refractivity contribution in [2.45, 2.75) is 63.5 Å². The van der Waals surface area contributed by atoms with E-state index in [4.69, 9.17) is 0 Å². The lowest BCUT2D eigenvalue weighted by molar-refractivity contribution is 0.156. The van der Waals surface area contributed by atoms with Crippen LogP contribution in [0.1, 0.15) is 51.4 Å². The Labute approximate surface area is 116 Å². The van der Waals surface area contributed by atoms with E-state index >= 15 is 0 Å². The van der Waals surface area contributed by atoms with Crippen LogP contribution in [0.4, 0.5) is 4.79 Å². The Hall–Kier alpha value is -0.770. The molecule has 4 nitrogen and oxygen atoms in total. The number of rotatable bonds is 2. The minimum Gasteiger partial charge on any atom is -0.335 e. The number of piperidine rings is 1. The molecule has 1 aliphatic carbocycles. The van der Waals surface area contributed by atoms with E-state index in [1.807, 2.05) is 0 Å². The number of carbonyl (C=O) groups excluding carboxylic acids is 1. The van der Waals surface area contributed by atoms with Crippen molar-refractivity contribution < 1.29 is 4.79 Å². The van der Waals surface area contributed by atoms with Crippen LogP contribution in [-0.2, 0) is 0 Å². The standard InChI is InChI=1S/C15H27N3O/c19-15(17-13-4-1-2-5-13)18-11-3-6-14(18)12-7-9-16-10-8-12/h12-14,16H,1-11H2,(H,17,19). The first kappa shape index (κ1) is 13.2. The molecular weight excluding hydrogens is 238 g/mol.